The van der Waals surface area contributed by atoms with E-state index in [1.54, 1.807) is 17.0 Å². The zero-order chi connectivity index (χ0) is 21.0. The SMILES string of the molecule is CS(=O)(=O)CCN1CCN(C(=O)c2ccc(COc3ccc(F)cc3Cl)o2)CC1. The molecule has 158 valence electrons. The molecule has 1 amide bonds. The van der Waals surface area contributed by atoms with Crippen LogP contribution in [0.2, 0.25) is 5.02 Å². The summed E-state index contributed by atoms with van der Waals surface area (Å²) in [5, 5.41) is 0.154. The van der Waals surface area contributed by atoms with Crippen molar-refractivity contribution in [1.82, 2.24) is 9.80 Å². The van der Waals surface area contributed by atoms with Crippen LogP contribution in [0.3, 0.4) is 0 Å². The van der Waals surface area contributed by atoms with Gasteiger partial charge in [0, 0.05) is 39.0 Å². The maximum absolute atomic E-state index is 13.1. The molecule has 1 fully saturated rings. The number of ether oxygens (including phenoxy) is 1. The highest BCUT2D eigenvalue weighted by molar-refractivity contribution is 7.90. The molecule has 1 aliphatic rings. The van der Waals surface area contributed by atoms with Gasteiger partial charge in [0.1, 0.15) is 33.8 Å². The third-order valence-corrected chi connectivity index (χ3v) is 5.79. The molecule has 0 atom stereocenters. The molecule has 0 saturated carbocycles. The van der Waals surface area contributed by atoms with Crippen molar-refractivity contribution in [3.8, 4) is 5.75 Å². The van der Waals surface area contributed by atoms with E-state index >= 15 is 0 Å². The summed E-state index contributed by atoms with van der Waals surface area (Å²) in [5.41, 5.74) is 0. The highest BCUT2D eigenvalue weighted by Gasteiger charge is 2.24. The van der Waals surface area contributed by atoms with Gasteiger partial charge in [-0.25, -0.2) is 12.8 Å². The summed E-state index contributed by atoms with van der Waals surface area (Å²) in [6.07, 6.45) is 1.22. The number of piperazine rings is 1. The predicted molar refractivity (Wildman–Crippen MR) is 107 cm³/mol. The number of sulfone groups is 1. The van der Waals surface area contributed by atoms with Gasteiger partial charge in [0.05, 0.1) is 10.8 Å². The van der Waals surface area contributed by atoms with Crippen LogP contribution in [0, 0.1) is 5.82 Å². The average Bonchev–Trinajstić information content (AvgIpc) is 3.14. The molecule has 2 heterocycles. The van der Waals surface area contributed by atoms with E-state index < -0.39 is 15.7 Å². The zero-order valence-electron chi connectivity index (χ0n) is 15.9. The molecule has 1 aliphatic heterocycles. The van der Waals surface area contributed by atoms with E-state index in [-0.39, 0.29) is 29.0 Å². The van der Waals surface area contributed by atoms with Crippen LogP contribution in [0.15, 0.2) is 34.7 Å². The molecular weight excluding hydrogens is 423 g/mol. The molecule has 0 aliphatic carbocycles. The van der Waals surface area contributed by atoms with Crippen LogP contribution >= 0.6 is 11.6 Å². The van der Waals surface area contributed by atoms with Crippen LogP contribution in [-0.2, 0) is 16.4 Å². The van der Waals surface area contributed by atoms with Gasteiger partial charge in [0.15, 0.2) is 5.76 Å². The van der Waals surface area contributed by atoms with Crippen molar-refractivity contribution in [2.75, 3.05) is 44.7 Å². The molecule has 7 nitrogen and oxygen atoms in total. The number of nitrogens with zero attached hydrogens (tertiary/aromatic N) is 2. The van der Waals surface area contributed by atoms with E-state index in [1.165, 1.54) is 18.4 Å². The molecular formula is C19H22ClFN2O5S. The van der Waals surface area contributed by atoms with Crippen molar-refractivity contribution in [3.63, 3.8) is 0 Å². The van der Waals surface area contributed by atoms with Crippen LogP contribution < -0.4 is 4.74 Å². The van der Waals surface area contributed by atoms with Crippen molar-refractivity contribution in [2.45, 2.75) is 6.61 Å². The third kappa shape index (κ3) is 6.19. The molecule has 0 unspecified atom stereocenters. The summed E-state index contributed by atoms with van der Waals surface area (Å²) in [6.45, 7) is 2.75. The molecule has 3 rings (SSSR count). The minimum Gasteiger partial charge on any atom is -0.484 e. The van der Waals surface area contributed by atoms with Crippen molar-refractivity contribution < 1.29 is 26.8 Å². The van der Waals surface area contributed by atoms with E-state index in [2.05, 4.69) is 0 Å². The average molecular weight is 445 g/mol. The predicted octanol–water partition coefficient (Wildman–Crippen LogP) is 2.45. The second-order valence-electron chi connectivity index (χ2n) is 6.89. The van der Waals surface area contributed by atoms with Gasteiger partial charge < -0.3 is 14.1 Å². The molecule has 10 heteroatoms. The second-order valence-corrected chi connectivity index (χ2v) is 9.56. The second kappa shape index (κ2) is 9.15. The normalized spacial score (nSPS) is 15.5. The number of furan rings is 1. The Morgan fingerprint density at radius 3 is 2.59 bits per heavy atom. The van der Waals surface area contributed by atoms with E-state index in [0.29, 0.717) is 44.2 Å². The Morgan fingerprint density at radius 2 is 1.93 bits per heavy atom. The number of halogens is 2. The first kappa shape index (κ1) is 21.6. The number of benzene rings is 1. The summed E-state index contributed by atoms with van der Waals surface area (Å²) in [7, 11) is -3.00. The number of amides is 1. The first-order valence-electron chi connectivity index (χ1n) is 9.07. The topological polar surface area (TPSA) is 80.1 Å². The Morgan fingerprint density at radius 1 is 1.21 bits per heavy atom. The number of hydrogen-bond acceptors (Lipinski definition) is 6. The van der Waals surface area contributed by atoms with Gasteiger partial charge in [-0.3, -0.25) is 9.69 Å². The number of hydrogen-bond donors (Lipinski definition) is 0. The van der Waals surface area contributed by atoms with Gasteiger partial charge in [-0.15, -0.1) is 0 Å². The summed E-state index contributed by atoms with van der Waals surface area (Å²) in [4.78, 5) is 16.3. The minimum atomic E-state index is -3.00. The van der Waals surface area contributed by atoms with Gasteiger partial charge in [-0.2, -0.15) is 0 Å². The molecule has 29 heavy (non-hydrogen) atoms. The third-order valence-electron chi connectivity index (χ3n) is 4.57. The van der Waals surface area contributed by atoms with Gasteiger partial charge in [-0.05, 0) is 30.3 Å². The number of carbonyl (C=O) groups is 1. The fourth-order valence-electron chi connectivity index (χ4n) is 2.94. The monoisotopic (exact) mass is 444 g/mol. The quantitative estimate of drug-likeness (QED) is 0.652. The molecule has 1 aromatic heterocycles. The lowest BCUT2D eigenvalue weighted by atomic mass is 10.3. The molecule has 0 spiro atoms. The highest BCUT2D eigenvalue weighted by Crippen LogP contribution is 2.26. The van der Waals surface area contributed by atoms with E-state index in [4.69, 9.17) is 20.8 Å². The summed E-state index contributed by atoms with van der Waals surface area (Å²) in [6, 6.07) is 7.06. The fourth-order valence-corrected chi connectivity index (χ4v) is 3.75. The maximum atomic E-state index is 13.1. The van der Waals surface area contributed by atoms with Gasteiger partial charge >= 0.3 is 0 Å². The van der Waals surface area contributed by atoms with E-state index in [0.717, 1.165) is 6.07 Å². The van der Waals surface area contributed by atoms with Crippen molar-refractivity contribution in [2.24, 2.45) is 0 Å². The molecule has 1 saturated heterocycles. The lowest BCUT2D eigenvalue weighted by Gasteiger charge is -2.34. The van der Waals surface area contributed by atoms with Crippen molar-refractivity contribution in [3.05, 3.63) is 52.7 Å². The van der Waals surface area contributed by atoms with Crippen LogP contribution in [0.5, 0.6) is 5.75 Å². The van der Waals surface area contributed by atoms with Gasteiger partial charge in [-0.1, -0.05) is 11.6 Å². The van der Waals surface area contributed by atoms with Crippen LogP contribution in [-0.4, -0.2) is 68.9 Å². The fraction of sp³-hybridized carbons (Fsp3) is 0.421. The van der Waals surface area contributed by atoms with E-state index in [9.17, 15) is 17.6 Å². The Bertz CT molecular complexity index is 971. The zero-order valence-corrected chi connectivity index (χ0v) is 17.5. The smallest absolute Gasteiger partial charge is 0.289 e. The largest absolute Gasteiger partial charge is 0.484 e. The Balaban J connectivity index is 1.50. The Kier molecular flexibility index (Phi) is 6.81. The van der Waals surface area contributed by atoms with E-state index in [1.807, 2.05) is 4.90 Å². The highest BCUT2D eigenvalue weighted by atomic mass is 35.5. The van der Waals surface area contributed by atoms with Crippen molar-refractivity contribution in [1.29, 1.82) is 0 Å². The first-order chi connectivity index (χ1) is 13.7. The van der Waals surface area contributed by atoms with Crippen LogP contribution in [0.25, 0.3) is 0 Å². The maximum Gasteiger partial charge on any atom is 0.289 e. The van der Waals surface area contributed by atoms with Crippen LogP contribution in [0.1, 0.15) is 16.3 Å². The van der Waals surface area contributed by atoms with Crippen molar-refractivity contribution >= 4 is 27.3 Å². The summed E-state index contributed by atoms with van der Waals surface area (Å²) in [5.74, 6) is 0.408. The summed E-state index contributed by atoms with van der Waals surface area (Å²) < 4.78 is 46.7. The Hall–Kier alpha value is -2.10. The lowest BCUT2D eigenvalue weighted by Crippen LogP contribution is -2.49. The molecule has 0 radical (unpaired) electrons. The molecule has 2 aromatic rings. The molecule has 1 aromatic carbocycles. The Labute approximate surface area is 173 Å². The molecule has 0 N–H and O–H groups in total. The standard InChI is InChI=1S/C19H22ClFN2O5S/c1-29(25,26)11-10-22-6-8-23(9-7-22)19(24)18-5-3-15(28-18)13-27-17-4-2-14(21)12-16(17)20/h2-5,12H,6-11,13H2,1H3. The lowest BCUT2D eigenvalue weighted by molar-refractivity contribution is 0.0609. The number of rotatable bonds is 7. The van der Waals surface area contributed by atoms with Crippen LogP contribution in [0.4, 0.5) is 4.39 Å². The minimum absolute atomic E-state index is 0.0535. The summed E-state index contributed by atoms with van der Waals surface area (Å²) >= 11 is 5.92. The van der Waals surface area contributed by atoms with Gasteiger partial charge in [0.2, 0.25) is 0 Å². The first-order valence-corrected chi connectivity index (χ1v) is 11.5. The van der Waals surface area contributed by atoms with Gasteiger partial charge in [0.25, 0.3) is 5.91 Å². The number of carbonyl (C=O) groups excluding carboxylic acids is 1. The molecule has 0 bridgehead atoms.